The van der Waals surface area contributed by atoms with Gasteiger partial charge < -0.3 is 0 Å². The van der Waals surface area contributed by atoms with E-state index >= 15 is 0 Å². The predicted molar refractivity (Wildman–Crippen MR) is 57.9 cm³/mol. The van der Waals surface area contributed by atoms with Gasteiger partial charge in [0.05, 0.1) is 5.02 Å². The molecular formula is C9H9ClN2O2S. The fourth-order valence-corrected chi connectivity index (χ4v) is 2.36. The number of rotatable bonds is 4. The first-order valence-electron chi connectivity index (χ1n) is 4.10. The van der Waals surface area contributed by atoms with Gasteiger partial charge in [0.2, 0.25) is 10.0 Å². The summed E-state index contributed by atoms with van der Waals surface area (Å²) in [7, 11) is -3.60. The molecule has 1 N–H and O–H groups in total. The Balaban J connectivity index is 2.88. The van der Waals surface area contributed by atoms with Gasteiger partial charge in [-0.2, -0.15) is 0 Å². The molecule has 0 spiro atoms. The number of halogens is 1. The maximum absolute atomic E-state index is 11.6. The lowest BCUT2D eigenvalue weighted by atomic mass is 10.5. The Labute approximate surface area is 93.7 Å². The topological polar surface area (TPSA) is 59.1 Å². The van der Waals surface area contributed by atoms with Crippen LogP contribution in [-0.2, 0) is 10.0 Å². The minimum atomic E-state index is -3.60. The van der Waals surface area contributed by atoms with Gasteiger partial charge in [0.1, 0.15) is 4.90 Å². The van der Waals surface area contributed by atoms with E-state index in [4.69, 9.17) is 18.0 Å². The highest BCUT2D eigenvalue weighted by Crippen LogP contribution is 2.18. The first-order chi connectivity index (χ1) is 7.08. The maximum atomic E-state index is 11.6. The van der Waals surface area contributed by atoms with Crippen molar-refractivity contribution in [1.29, 1.82) is 0 Å². The van der Waals surface area contributed by atoms with Crippen molar-refractivity contribution >= 4 is 21.6 Å². The van der Waals surface area contributed by atoms with Crippen molar-refractivity contribution in [2.75, 3.05) is 6.54 Å². The third kappa shape index (κ3) is 3.20. The summed E-state index contributed by atoms with van der Waals surface area (Å²) in [6, 6.07) is 1.41. The van der Waals surface area contributed by atoms with Gasteiger partial charge in [-0.15, -0.1) is 12.3 Å². The summed E-state index contributed by atoms with van der Waals surface area (Å²) in [5.74, 6) is 2.33. The van der Waals surface area contributed by atoms with Gasteiger partial charge in [0.15, 0.2) is 0 Å². The molecule has 1 aromatic rings. The summed E-state index contributed by atoms with van der Waals surface area (Å²) in [6.07, 6.45) is 7.95. The van der Waals surface area contributed by atoms with Crippen molar-refractivity contribution < 1.29 is 8.42 Å². The van der Waals surface area contributed by atoms with Crippen molar-refractivity contribution in [1.82, 2.24) is 9.71 Å². The second kappa shape index (κ2) is 5.12. The average Bonchev–Trinajstić information content (AvgIpc) is 2.18. The smallest absolute Gasteiger partial charge is 0.243 e. The van der Waals surface area contributed by atoms with Crippen LogP contribution in [0.4, 0.5) is 0 Å². The fourth-order valence-electron chi connectivity index (χ4n) is 0.896. The molecule has 0 fully saturated rings. The van der Waals surface area contributed by atoms with Crippen LogP contribution in [0, 0.1) is 12.3 Å². The lowest BCUT2D eigenvalue weighted by molar-refractivity contribution is 0.582. The Hall–Kier alpha value is -1.09. The number of hydrogen-bond donors (Lipinski definition) is 1. The standard InChI is InChI=1S/C9H9ClN2O2S/c1-2-3-5-12-15(13,14)9-7-11-6-4-8(9)10/h1,4,6-7,12H,3,5H2. The molecule has 0 atom stereocenters. The number of hydrogen-bond acceptors (Lipinski definition) is 3. The molecule has 1 heterocycles. The van der Waals surface area contributed by atoms with Crippen molar-refractivity contribution in [2.24, 2.45) is 0 Å². The van der Waals surface area contributed by atoms with Crippen LogP contribution in [0.15, 0.2) is 23.4 Å². The van der Waals surface area contributed by atoms with E-state index in [1.165, 1.54) is 18.5 Å². The minimum Gasteiger partial charge on any atom is -0.263 e. The summed E-state index contributed by atoms with van der Waals surface area (Å²) in [5.41, 5.74) is 0. The molecule has 6 heteroatoms. The predicted octanol–water partition coefficient (Wildman–Crippen LogP) is 1.04. The van der Waals surface area contributed by atoms with Gasteiger partial charge in [0, 0.05) is 25.4 Å². The molecule has 0 saturated heterocycles. The van der Waals surface area contributed by atoms with Crippen LogP contribution in [0.25, 0.3) is 0 Å². The van der Waals surface area contributed by atoms with E-state index in [1.807, 2.05) is 0 Å². The van der Waals surface area contributed by atoms with Gasteiger partial charge in [-0.1, -0.05) is 11.6 Å². The molecule has 0 saturated carbocycles. The van der Waals surface area contributed by atoms with Crippen molar-refractivity contribution in [3.05, 3.63) is 23.5 Å². The molecule has 0 aliphatic heterocycles. The summed E-state index contributed by atoms with van der Waals surface area (Å²) in [4.78, 5) is 3.66. The molecule has 0 aliphatic carbocycles. The van der Waals surface area contributed by atoms with Crippen LogP contribution in [0.2, 0.25) is 5.02 Å². The Morgan fingerprint density at radius 1 is 1.60 bits per heavy atom. The number of nitrogens with zero attached hydrogens (tertiary/aromatic N) is 1. The first-order valence-corrected chi connectivity index (χ1v) is 5.96. The number of pyridine rings is 1. The second-order valence-electron chi connectivity index (χ2n) is 2.66. The number of terminal acetylenes is 1. The Morgan fingerprint density at radius 3 is 2.93 bits per heavy atom. The van der Waals surface area contributed by atoms with Crippen molar-refractivity contribution in [2.45, 2.75) is 11.3 Å². The van der Waals surface area contributed by atoms with Crippen molar-refractivity contribution in [3.8, 4) is 12.3 Å². The molecule has 0 amide bonds. The third-order valence-corrected chi connectivity index (χ3v) is 3.52. The number of sulfonamides is 1. The molecule has 0 bridgehead atoms. The van der Waals surface area contributed by atoms with E-state index in [2.05, 4.69) is 15.6 Å². The zero-order chi connectivity index (χ0) is 11.3. The van der Waals surface area contributed by atoms with E-state index in [-0.39, 0.29) is 16.5 Å². The molecule has 0 aromatic carbocycles. The minimum absolute atomic E-state index is 0.0383. The van der Waals surface area contributed by atoms with E-state index in [0.717, 1.165) is 0 Å². The van der Waals surface area contributed by atoms with Gasteiger partial charge in [0.25, 0.3) is 0 Å². The monoisotopic (exact) mass is 244 g/mol. The molecule has 0 radical (unpaired) electrons. The summed E-state index contributed by atoms with van der Waals surface area (Å²) < 4.78 is 25.6. The summed E-state index contributed by atoms with van der Waals surface area (Å²) in [6.45, 7) is 0.185. The zero-order valence-electron chi connectivity index (χ0n) is 7.77. The van der Waals surface area contributed by atoms with Gasteiger partial charge in [-0.3, -0.25) is 4.98 Å². The molecule has 0 unspecified atom stereocenters. The van der Waals surface area contributed by atoms with Crippen LogP contribution in [0.3, 0.4) is 0 Å². The van der Waals surface area contributed by atoms with Crippen molar-refractivity contribution in [3.63, 3.8) is 0 Å². The molecule has 0 aliphatic rings. The average molecular weight is 245 g/mol. The largest absolute Gasteiger partial charge is 0.263 e. The van der Waals surface area contributed by atoms with Crippen LogP contribution in [0.5, 0.6) is 0 Å². The quantitative estimate of drug-likeness (QED) is 0.636. The van der Waals surface area contributed by atoms with E-state index in [9.17, 15) is 8.42 Å². The molecule has 4 nitrogen and oxygen atoms in total. The summed E-state index contributed by atoms with van der Waals surface area (Å²) >= 11 is 5.72. The highest BCUT2D eigenvalue weighted by Gasteiger charge is 2.16. The van der Waals surface area contributed by atoms with E-state index in [0.29, 0.717) is 6.42 Å². The highest BCUT2D eigenvalue weighted by molar-refractivity contribution is 7.89. The highest BCUT2D eigenvalue weighted by atomic mass is 35.5. The Morgan fingerprint density at radius 2 is 2.33 bits per heavy atom. The normalized spacial score (nSPS) is 10.9. The van der Waals surface area contributed by atoms with E-state index < -0.39 is 10.0 Å². The number of nitrogens with one attached hydrogen (secondary N) is 1. The Kier molecular flexibility index (Phi) is 4.09. The van der Waals surface area contributed by atoms with Crippen LogP contribution in [-0.4, -0.2) is 19.9 Å². The van der Waals surface area contributed by atoms with Gasteiger partial charge in [-0.25, -0.2) is 13.1 Å². The molecule has 15 heavy (non-hydrogen) atoms. The maximum Gasteiger partial charge on any atom is 0.243 e. The first kappa shape index (κ1) is 12.0. The Bertz CT molecular complexity index is 479. The summed E-state index contributed by atoms with van der Waals surface area (Å²) in [5, 5.41) is 0.137. The van der Waals surface area contributed by atoms with Crippen LogP contribution in [0.1, 0.15) is 6.42 Å². The lowest BCUT2D eigenvalue weighted by Crippen LogP contribution is -2.24. The lowest BCUT2D eigenvalue weighted by Gasteiger charge is -2.05. The molecule has 1 aromatic heterocycles. The van der Waals surface area contributed by atoms with Crippen LogP contribution < -0.4 is 4.72 Å². The fraction of sp³-hybridized carbons (Fsp3) is 0.222. The zero-order valence-corrected chi connectivity index (χ0v) is 9.35. The van der Waals surface area contributed by atoms with Crippen LogP contribution >= 0.6 is 11.6 Å². The molecule has 80 valence electrons. The van der Waals surface area contributed by atoms with E-state index in [1.54, 1.807) is 0 Å². The third-order valence-electron chi connectivity index (χ3n) is 1.59. The molecular weight excluding hydrogens is 236 g/mol. The second-order valence-corrected chi connectivity index (χ2v) is 4.80. The number of aromatic nitrogens is 1. The molecule has 1 rings (SSSR count). The van der Waals surface area contributed by atoms with Gasteiger partial charge >= 0.3 is 0 Å². The van der Waals surface area contributed by atoms with Gasteiger partial charge in [-0.05, 0) is 6.07 Å². The SMILES string of the molecule is C#CCCNS(=O)(=O)c1cnccc1Cl.